The van der Waals surface area contributed by atoms with Crippen LogP contribution in [0.1, 0.15) is 23.7 Å². The Morgan fingerprint density at radius 2 is 2.29 bits per heavy atom. The van der Waals surface area contributed by atoms with E-state index >= 15 is 0 Å². The molecular weight excluding hydrogens is 222 g/mol. The predicted octanol–water partition coefficient (Wildman–Crippen LogP) is 1.58. The van der Waals surface area contributed by atoms with Gasteiger partial charge in [-0.2, -0.15) is 0 Å². The van der Waals surface area contributed by atoms with Gasteiger partial charge in [0.2, 0.25) is 0 Å². The molecule has 1 amide bonds. The number of carbonyl (C=O) groups is 2. The fourth-order valence-electron chi connectivity index (χ4n) is 1.66. The van der Waals surface area contributed by atoms with E-state index in [1.807, 2.05) is 6.92 Å². The summed E-state index contributed by atoms with van der Waals surface area (Å²) in [4.78, 5) is 22.9. The number of ether oxygens (including phenoxy) is 2. The first-order valence-corrected chi connectivity index (χ1v) is 5.35. The quantitative estimate of drug-likeness (QED) is 0.790. The van der Waals surface area contributed by atoms with E-state index in [0.717, 1.165) is 0 Å². The molecule has 1 atom stereocenters. The normalized spacial score (nSPS) is 17.8. The van der Waals surface area contributed by atoms with E-state index in [2.05, 4.69) is 10.1 Å². The fourth-order valence-corrected chi connectivity index (χ4v) is 1.66. The number of hydrogen-bond donors (Lipinski definition) is 1. The average molecular weight is 235 g/mol. The molecule has 0 saturated carbocycles. The second kappa shape index (κ2) is 4.45. The lowest BCUT2D eigenvalue weighted by Crippen LogP contribution is -2.36. The minimum atomic E-state index is -0.504. The number of fused-ring (bicyclic) bond motifs is 1. The number of carbonyl (C=O) groups excluding carboxylic acids is 2. The highest BCUT2D eigenvalue weighted by Crippen LogP contribution is 2.31. The Hall–Kier alpha value is -2.04. The van der Waals surface area contributed by atoms with Crippen molar-refractivity contribution in [3.05, 3.63) is 23.8 Å². The molecule has 17 heavy (non-hydrogen) atoms. The van der Waals surface area contributed by atoms with Crippen LogP contribution in [0.4, 0.5) is 5.69 Å². The van der Waals surface area contributed by atoms with Crippen LogP contribution in [-0.4, -0.2) is 25.1 Å². The summed E-state index contributed by atoms with van der Waals surface area (Å²) in [6.45, 7) is 1.86. The van der Waals surface area contributed by atoms with Crippen LogP contribution >= 0.6 is 0 Å². The van der Waals surface area contributed by atoms with Gasteiger partial charge in [0.25, 0.3) is 5.91 Å². The molecule has 0 fully saturated rings. The largest absolute Gasteiger partial charge is 0.478 e. The van der Waals surface area contributed by atoms with E-state index in [0.29, 0.717) is 23.4 Å². The second-order valence-electron chi connectivity index (χ2n) is 3.71. The van der Waals surface area contributed by atoms with Gasteiger partial charge in [-0.3, -0.25) is 4.79 Å². The molecule has 0 aliphatic carbocycles. The lowest BCUT2D eigenvalue weighted by molar-refractivity contribution is -0.123. The van der Waals surface area contributed by atoms with Gasteiger partial charge >= 0.3 is 5.97 Å². The highest BCUT2D eigenvalue weighted by atomic mass is 16.5. The smallest absolute Gasteiger partial charge is 0.337 e. The summed E-state index contributed by atoms with van der Waals surface area (Å²) in [5.74, 6) is -0.0912. The molecule has 1 aromatic rings. The van der Waals surface area contributed by atoms with Crippen LogP contribution in [0, 0.1) is 0 Å². The highest BCUT2D eigenvalue weighted by molar-refractivity contribution is 5.99. The molecule has 1 heterocycles. The Kier molecular flexibility index (Phi) is 2.99. The molecule has 0 saturated heterocycles. The third kappa shape index (κ3) is 2.08. The predicted molar refractivity (Wildman–Crippen MR) is 61.1 cm³/mol. The zero-order valence-electron chi connectivity index (χ0n) is 9.65. The lowest BCUT2D eigenvalue weighted by Gasteiger charge is -2.25. The minimum absolute atomic E-state index is 0.161. The Bertz CT molecular complexity index is 470. The number of anilines is 1. The second-order valence-corrected chi connectivity index (χ2v) is 3.71. The van der Waals surface area contributed by atoms with Crippen LogP contribution in [0.5, 0.6) is 5.75 Å². The van der Waals surface area contributed by atoms with Crippen LogP contribution in [0.25, 0.3) is 0 Å². The molecule has 0 aromatic heterocycles. The number of esters is 1. The van der Waals surface area contributed by atoms with Gasteiger partial charge in [0, 0.05) is 0 Å². The number of amides is 1. The number of benzene rings is 1. The molecule has 1 aromatic carbocycles. The molecule has 0 radical (unpaired) electrons. The maximum atomic E-state index is 11.5. The molecule has 1 N–H and O–H groups in total. The SMILES string of the molecule is CC[C@@H]1Oc2cc(C(=O)OC)ccc2NC1=O. The van der Waals surface area contributed by atoms with Crippen molar-refractivity contribution in [1.82, 2.24) is 0 Å². The van der Waals surface area contributed by atoms with Gasteiger partial charge < -0.3 is 14.8 Å². The van der Waals surface area contributed by atoms with E-state index in [4.69, 9.17) is 4.74 Å². The van der Waals surface area contributed by atoms with Crippen LogP contribution in [-0.2, 0) is 9.53 Å². The van der Waals surface area contributed by atoms with E-state index < -0.39 is 12.1 Å². The van der Waals surface area contributed by atoms with Crippen molar-refractivity contribution in [2.45, 2.75) is 19.4 Å². The first-order valence-electron chi connectivity index (χ1n) is 5.35. The lowest BCUT2D eigenvalue weighted by atomic mass is 10.1. The molecule has 90 valence electrons. The highest BCUT2D eigenvalue weighted by Gasteiger charge is 2.26. The maximum absolute atomic E-state index is 11.5. The van der Waals surface area contributed by atoms with Crippen molar-refractivity contribution < 1.29 is 19.1 Å². The van der Waals surface area contributed by atoms with Crippen molar-refractivity contribution in [2.24, 2.45) is 0 Å². The van der Waals surface area contributed by atoms with Gasteiger partial charge in [-0.05, 0) is 24.6 Å². The standard InChI is InChI=1S/C12H13NO4/c1-3-9-11(14)13-8-5-4-7(12(15)16-2)6-10(8)17-9/h4-6,9H,3H2,1-2H3,(H,13,14)/t9-/m0/s1. The Labute approximate surface area is 98.7 Å². The molecule has 5 nitrogen and oxygen atoms in total. The molecule has 5 heteroatoms. The van der Waals surface area contributed by atoms with Crippen molar-refractivity contribution in [1.29, 1.82) is 0 Å². The van der Waals surface area contributed by atoms with Crippen LogP contribution in [0.3, 0.4) is 0 Å². The van der Waals surface area contributed by atoms with Crippen molar-refractivity contribution in [3.8, 4) is 5.75 Å². The number of rotatable bonds is 2. The zero-order chi connectivity index (χ0) is 12.4. The minimum Gasteiger partial charge on any atom is -0.478 e. The summed E-state index contributed by atoms with van der Waals surface area (Å²) < 4.78 is 10.1. The summed E-state index contributed by atoms with van der Waals surface area (Å²) >= 11 is 0. The van der Waals surface area contributed by atoms with Crippen molar-refractivity contribution in [2.75, 3.05) is 12.4 Å². The van der Waals surface area contributed by atoms with Gasteiger partial charge in [0.05, 0.1) is 18.4 Å². The van der Waals surface area contributed by atoms with Crippen LogP contribution in [0.15, 0.2) is 18.2 Å². The average Bonchev–Trinajstić information content (AvgIpc) is 2.36. The zero-order valence-corrected chi connectivity index (χ0v) is 9.65. The first kappa shape index (κ1) is 11.4. The summed E-state index contributed by atoms with van der Waals surface area (Å²) in [5, 5.41) is 2.73. The molecule has 0 unspecified atom stereocenters. The molecule has 0 spiro atoms. The Morgan fingerprint density at radius 1 is 1.53 bits per heavy atom. The van der Waals surface area contributed by atoms with Gasteiger partial charge in [-0.1, -0.05) is 6.92 Å². The summed E-state index contributed by atoms with van der Waals surface area (Å²) in [6, 6.07) is 4.79. The van der Waals surface area contributed by atoms with E-state index in [1.54, 1.807) is 18.2 Å². The van der Waals surface area contributed by atoms with Crippen molar-refractivity contribution in [3.63, 3.8) is 0 Å². The maximum Gasteiger partial charge on any atom is 0.337 e. The van der Waals surface area contributed by atoms with Gasteiger partial charge in [-0.25, -0.2) is 4.79 Å². The Balaban J connectivity index is 2.33. The van der Waals surface area contributed by atoms with Crippen molar-refractivity contribution >= 4 is 17.6 Å². The molecule has 0 bridgehead atoms. The van der Waals surface area contributed by atoms with E-state index in [-0.39, 0.29) is 5.91 Å². The third-order valence-electron chi connectivity index (χ3n) is 2.59. The van der Waals surface area contributed by atoms with E-state index in [9.17, 15) is 9.59 Å². The molecule has 2 rings (SSSR count). The monoisotopic (exact) mass is 235 g/mol. The topological polar surface area (TPSA) is 64.6 Å². The third-order valence-corrected chi connectivity index (χ3v) is 2.59. The van der Waals surface area contributed by atoms with Gasteiger partial charge in [0.15, 0.2) is 6.10 Å². The van der Waals surface area contributed by atoms with Crippen LogP contribution < -0.4 is 10.1 Å². The number of nitrogens with one attached hydrogen (secondary N) is 1. The van der Waals surface area contributed by atoms with E-state index in [1.165, 1.54) is 7.11 Å². The van der Waals surface area contributed by atoms with Crippen LogP contribution in [0.2, 0.25) is 0 Å². The first-order chi connectivity index (χ1) is 8.15. The number of hydrogen-bond acceptors (Lipinski definition) is 4. The van der Waals surface area contributed by atoms with Gasteiger partial charge in [0.1, 0.15) is 5.75 Å². The fraction of sp³-hybridized carbons (Fsp3) is 0.333. The van der Waals surface area contributed by atoms with Gasteiger partial charge in [-0.15, -0.1) is 0 Å². The molecule has 1 aliphatic heterocycles. The molecular formula is C12H13NO4. The summed E-state index contributed by atoms with van der Waals surface area (Å²) in [5.41, 5.74) is 0.976. The summed E-state index contributed by atoms with van der Waals surface area (Å²) in [7, 11) is 1.32. The summed E-state index contributed by atoms with van der Waals surface area (Å²) in [6.07, 6.45) is 0.0728. The Morgan fingerprint density at radius 3 is 2.94 bits per heavy atom. The number of methoxy groups -OCH3 is 1. The molecule has 1 aliphatic rings.